The zero-order chi connectivity index (χ0) is 86.7. The lowest BCUT2D eigenvalue weighted by molar-refractivity contribution is -0.137. The van der Waals surface area contributed by atoms with Gasteiger partial charge in [-0.15, -0.1) is 11.3 Å². The number of anilines is 2. The number of carbonyl (C=O) groups is 8. The first-order valence-corrected chi connectivity index (χ1v) is 40.8. The fourth-order valence-electron chi connectivity index (χ4n) is 15.4. The standard InChI is InChI=1S/C24H17ClN2O5S.C23H16ClN3O2.C23H15ClN2O4S.C18H9F3N4O4S/c1-32-16-4-2-3-13(7-16)10-26-19-6-5-15(25)9-17(19)21(22(26)24(30)31)27-20(28)8-14-11-33-12-18(14)23(27)29;24-17-10-11-20-18(12-17)21(27-14-16-8-4-5-9-19(16)25-27)22(23(28)29)26(20)13-15-6-2-1-3-7-15;24-15-6-7-18-16(9-15)20(26-19(27)8-14-11-31-12-17(14)22(26)28)21(23(29)30)25(18)10-13-4-2-1-3-5-13;19-18(20,21)8-1-2-12-9(5-8)13(14(16(27)28)24(12)4-3-22)25-15(26)10-6-30-7-11(10)23-17(25)29/h2-7,9,11-12H,8,10H2,1H3,(H,30,31);1-12,14H,13H2,(H,28,29);1-7,9,11-12H,8,10H2,(H,29,30);1-2,5-7H,4H2,(H,23,29)(H,27,28). The number of hydrogen-bond acceptors (Lipinski definition) is 16. The van der Waals surface area contributed by atoms with Crippen molar-refractivity contribution in [3.8, 4) is 23.2 Å². The van der Waals surface area contributed by atoms with Crippen LogP contribution in [0.5, 0.6) is 5.75 Å². The fourth-order valence-corrected chi connectivity index (χ4v) is 18.3. The Kier molecular flexibility index (Phi) is 22.2. The summed E-state index contributed by atoms with van der Waals surface area (Å²) in [6.07, 6.45) is -2.84. The Morgan fingerprint density at radius 3 is 1.42 bits per heavy atom. The Labute approximate surface area is 716 Å². The van der Waals surface area contributed by atoms with Gasteiger partial charge in [0.2, 0.25) is 11.8 Å². The summed E-state index contributed by atoms with van der Waals surface area (Å²) in [6, 6.07) is 53.7. The quantitative estimate of drug-likeness (QED) is 0.0561. The maximum atomic E-state index is 13.3. The van der Waals surface area contributed by atoms with Gasteiger partial charge < -0.3 is 48.4 Å². The average molecular weight is 1770 g/mol. The van der Waals surface area contributed by atoms with Crippen molar-refractivity contribution in [1.82, 2.24) is 37.6 Å². The second-order valence-corrected chi connectivity index (χ2v) is 31.5. The number of carboxylic acids is 4. The molecular weight excluding hydrogens is 1710 g/mol. The van der Waals surface area contributed by atoms with Gasteiger partial charge in [-0.3, -0.25) is 24.0 Å². The molecule has 8 aromatic carbocycles. The number of aromatic amines is 1. The molecule has 5 N–H and O–H groups in total. The number of carboxylic acid groups (broad SMARTS) is 4. The van der Waals surface area contributed by atoms with E-state index in [0.29, 0.717) is 87.7 Å². The summed E-state index contributed by atoms with van der Waals surface area (Å²) in [7, 11) is 1.55. The first kappa shape index (κ1) is 82.2. The third kappa shape index (κ3) is 15.3. The number of hydrogen-bond donors (Lipinski definition) is 5. The van der Waals surface area contributed by atoms with E-state index < -0.39 is 88.4 Å². The molecule has 0 saturated heterocycles. The van der Waals surface area contributed by atoms with Crippen LogP contribution in [0.3, 0.4) is 0 Å². The van der Waals surface area contributed by atoms with Gasteiger partial charge in [-0.05, 0) is 130 Å². The lowest BCUT2D eigenvalue weighted by atomic mass is 10.0. The maximum absolute atomic E-state index is 13.3. The topological polar surface area (TPSA) is 349 Å². The molecule has 0 radical (unpaired) electrons. The predicted octanol–water partition coefficient (Wildman–Crippen LogP) is 18.0. The van der Waals surface area contributed by atoms with Gasteiger partial charge in [0, 0.05) is 89.4 Å². The van der Waals surface area contributed by atoms with Crippen molar-refractivity contribution in [3.63, 3.8) is 0 Å². The number of methoxy groups -OCH3 is 1. The number of carbonyl (C=O) groups excluding carboxylic acids is 4. The Bertz CT molecular complexity index is 7420. The van der Waals surface area contributed by atoms with Gasteiger partial charge in [0.15, 0.2) is 22.8 Å². The second kappa shape index (κ2) is 33.3. The van der Waals surface area contributed by atoms with Gasteiger partial charge in [-0.25, -0.2) is 43.0 Å². The summed E-state index contributed by atoms with van der Waals surface area (Å²) in [6.45, 7) is 0.371. The first-order valence-electron chi connectivity index (χ1n) is 36.8. The molecule has 17 aromatic rings. The van der Waals surface area contributed by atoms with E-state index in [0.717, 1.165) is 76.3 Å². The number of rotatable bonds is 16. The Morgan fingerprint density at radius 2 is 0.935 bits per heavy atom. The van der Waals surface area contributed by atoms with E-state index in [4.69, 9.17) is 44.8 Å². The number of nitrogens with zero attached hydrogens (tertiary/aromatic N) is 10. The monoisotopic (exact) mass is 1770 g/mol. The van der Waals surface area contributed by atoms with Gasteiger partial charge in [0.25, 0.3) is 17.4 Å². The minimum Gasteiger partial charge on any atom is -0.497 e. The van der Waals surface area contributed by atoms with E-state index in [1.807, 2.05) is 120 Å². The van der Waals surface area contributed by atoms with Crippen LogP contribution in [0.4, 0.5) is 24.5 Å². The third-order valence-corrected chi connectivity index (χ3v) is 23.7. The molecule has 0 unspecified atom stereocenters. The number of alkyl halides is 3. The highest BCUT2D eigenvalue weighted by Crippen LogP contribution is 2.44. The third-order valence-electron chi connectivity index (χ3n) is 20.6. The van der Waals surface area contributed by atoms with E-state index in [1.54, 1.807) is 103 Å². The molecule has 123 heavy (non-hydrogen) atoms. The number of halogens is 6. The number of nitrogens with one attached hydrogen (secondary N) is 1. The molecule has 35 heteroatoms. The molecule has 11 heterocycles. The lowest BCUT2D eigenvalue weighted by Gasteiger charge is -2.25. The number of aromatic nitrogens is 8. The zero-order valence-corrected chi connectivity index (χ0v) is 68.1. The summed E-state index contributed by atoms with van der Waals surface area (Å²) < 4.78 is 53.2. The van der Waals surface area contributed by atoms with Gasteiger partial charge in [0.1, 0.15) is 18.0 Å². The molecule has 0 fully saturated rings. The van der Waals surface area contributed by atoms with Gasteiger partial charge in [-0.2, -0.15) is 46.2 Å². The highest BCUT2D eigenvalue weighted by molar-refractivity contribution is 7.09. The Hall–Kier alpha value is -14.5. The minimum atomic E-state index is -4.75. The van der Waals surface area contributed by atoms with E-state index >= 15 is 0 Å². The number of benzene rings is 8. The van der Waals surface area contributed by atoms with E-state index in [-0.39, 0.29) is 76.2 Å². The molecule has 2 aliphatic heterocycles. The number of amides is 4. The average Bonchev–Trinajstić information content (AvgIpc) is 1.59. The van der Waals surface area contributed by atoms with E-state index in [1.165, 1.54) is 33.4 Å². The fraction of sp³-hybridized carbons (Fsp3) is 0.0909. The molecule has 0 bridgehead atoms. The van der Waals surface area contributed by atoms with Crippen molar-refractivity contribution in [2.24, 2.45) is 0 Å². The zero-order valence-electron chi connectivity index (χ0n) is 63.3. The number of fused-ring (bicyclic) bond motifs is 8. The summed E-state index contributed by atoms with van der Waals surface area (Å²) in [5, 5.41) is 67.4. The normalized spacial score (nSPS) is 12.6. The maximum Gasteiger partial charge on any atom is 0.416 e. The van der Waals surface area contributed by atoms with Crippen LogP contribution in [-0.4, -0.2) is 113 Å². The van der Waals surface area contributed by atoms with Crippen LogP contribution in [0.15, 0.2) is 230 Å². The second-order valence-electron chi connectivity index (χ2n) is 28.0. The van der Waals surface area contributed by atoms with Gasteiger partial charge in [-0.1, -0.05) is 126 Å². The Balaban J connectivity index is 0.000000122. The molecule has 0 atom stereocenters. The van der Waals surface area contributed by atoms with Crippen molar-refractivity contribution in [1.29, 1.82) is 5.26 Å². The van der Waals surface area contributed by atoms with Crippen molar-refractivity contribution in [2.75, 3.05) is 16.9 Å². The number of H-pyrrole nitrogens is 1. The molecular formula is C88H57Cl3F3N11O15S3. The number of thiophene rings is 3. The van der Waals surface area contributed by atoms with Crippen molar-refractivity contribution in [3.05, 3.63) is 324 Å². The largest absolute Gasteiger partial charge is 0.497 e. The van der Waals surface area contributed by atoms with Crippen LogP contribution in [0, 0.1) is 11.3 Å². The van der Waals surface area contributed by atoms with Crippen LogP contribution >= 0.6 is 68.8 Å². The van der Waals surface area contributed by atoms with Gasteiger partial charge in [0.05, 0.1) is 98.3 Å². The van der Waals surface area contributed by atoms with E-state index in [9.17, 15) is 81.5 Å². The molecule has 9 aromatic heterocycles. The summed E-state index contributed by atoms with van der Waals surface area (Å²) >= 11 is 22.5. The SMILES string of the molecule is COc1cccc(Cn2c(C(=O)O)c(N3C(=O)Cc4cscc4C3=O)c3cc(Cl)ccc32)c1.N#CCn1c(C(=O)O)c(-n2c(=O)[nH]c3cscc3c2=O)c2cc(C(F)(F)F)ccc21.O=C(O)c1c(-n2cc3ccccc3n2)c2cc(Cl)ccc2n1Cc1ccccc1.O=C(O)c1c(N2C(=O)Cc3cscc3C2=O)c2cc(Cl)ccc2n1Cc1ccccc1. The number of imide groups is 2. The minimum absolute atomic E-state index is 0.0206. The molecule has 4 amide bonds. The summed E-state index contributed by atoms with van der Waals surface area (Å²) in [5.41, 5.74) is 4.12. The highest BCUT2D eigenvalue weighted by Gasteiger charge is 2.42. The van der Waals surface area contributed by atoms with Crippen molar-refractivity contribution < 1.29 is 76.7 Å². The molecule has 0 spiro atoms. The smallest absolute Gasteiger partial charge is 0.416 e. The molecule has 0 saturated carbocycles. The van der Waals surface area contributed by atoms with Crippen LogP contribution in [0.25, 0.3) is 76.8 Å². The van der Waals surface area contributed by atoms with Crippen molar-refractivity contribution in [2.45, 2.75) is 45.2 Å². The summed E-state index contributed by atoms with van der Waals surface area (Å²) in [5.74, 6) is -6.46. The van der Waals surface area contributed by atoms with Crippen molar-refractivity contribution >= 4 is 193 Å². The number of nitriles is 1. The molecule has 0 aliphatic carbocycles. The number of ether oxygens (including phenoxy) is 1. The lowest BCUT2D eigenvalue weighted by Crippen LogP contribution is -2.42. The molecule has 2 aliphatic rings. The number of aromatic carboxylic acids is 4. The Morgan fingerprint density at radius 1 is 0.496 bits per heavy atom. The van der Waals surface area contributed by atoms with E-state index in [2.05, 4.69) is 10.1 Å². The highest BCUT2D eigenvalue weighted by atomic mass is 35.5. The van der Waals surface area contributed by atoms with Crippen LogP contribution < -0.4 is 25.8 Å². The summed E-state index contributed by atoms with van der Waals surface area (Å²) in [4.78, 5) is 132. The first-order chi connectivity index (χ1) is 59.1. The molecule has 614 valence electrons. The van der Waals surface area contributed by atoms with Gasteiger partial charge >= 0.3 is 35.7 Å². The van der Waals surface area contributed by atoms with Crippen LogP contribution in [0.2, 0.25) is 15.1 Å². The molecule has 26 nitrogen and oxygen atoms in total. The molecule has 19 rings (SSSR count). The van der Waals surface area contributed by atoms with Crippen LogP contribution in [0.1, 0.15) is 96.1 Å². The van der Waals surface area contributed by atoms with Crippen LogP contribution in [-0.2, 0) is 54.8 Å². The predicted molar refractivity (Wildman–Crippen MR) is 460 cm³/mol.